The largest absolute Gasteiger partial charge is 0.397 e. The van der Waals surface area contributed by atoms with Gasteiger partial charge in [-0.1, -0.05) is 0 Å². The fourth-order valence-electron chi connectivity index (χ4n) is 1.92. The predicted octanol–water partition coefficient (Wildman–Crippen LogP) is 1.95. The molecule has 5 nitrogen and oxygen atoms in total. The number of aromatic nitrogens is 4. The van der Waals surface area contributed by atoms with E-state index in [9.17, 15) is 4.39 Å². The van der Waals surface area contributed by atoms with Crippen molar-refractivity contribution in [2.75, 3.05) is 11.5 Å². The molecule has 18 heavy (non-hydrogen) atoms. The zero-order valence-electron chi connectivity index (χ0n) is 9.58. The van der Waals surface area contributed by atoms with Gasteiger partial charge in [0.1, 0.15) is 6.33 Å². The van der Waals surface area contributed by atoms with Gasteiger partial charge in [0, 0.05) is 6.07 Å². The van der Waals surface area contributed by atoms with Gasteiger partial charge in [0.2, 0.25) is 0 Å². The minimum Gasteiger partial charge on any atom is -0.397 e. The minimum atomic E-state index is -0.495. The summed E-state index contributed by atoms with van der Waals surface area (Å²) in [6.45, 7) is 0. The average Bonchev–Trinajstić information content (AvgIpc) is 2.99. The van der Waals surface area contributed by atoms with Crippen molar-refractivity contribution in [3.05, 3.63) is 30.2 Å². The van der Waals surface area contributed by atoms with Crippen LogP contribution in [-0.4, -0.2) is 25.5 Å². The van der Waals surface area contributed by atoms with Crippen molar-refractivity contribution < 1.29 is 4.39 Å². The van der Waals surface area contributed by atoms with Gasteiger partial charge >= 0.3 is 0 Å². The fourth-order valence-corrected chi connectivity index (χ4v) is 3.13. The molecule has 2 aromatic rings. The van der Waals surface area contributed by atoms with Crippen molar-refractivity contribution in [1.82, 2.24) is 19.7 Å². The van der Waals surface area contributed by atoms with E-state index in [0.717, 1.165) is 18.0 Å². The third-order valence-corrected chi connectivity index (χ3v) is 4.16. The summed E-state index contributed by atoms with van der Waals surface area (Å²) in [5.41, 5.74) is 5.75. The summed E-state index contributed by atoms with van der Waals surface area (Å²) in [6, 6.07) is 1.23. The van der Waals surface area contributed by atoms with Crippen molar-refractivity contribution in [2.45, 2.75) is 18.1 Å². The normalized spacial score (nSPS) is 19.3. The van der Waals surface area contributed by atoms with Gasteiger partial charge in [0.15, 0.2) is 17.5 Å². The molecule has 7 heteroatoms. The highest BCUT2D eigenvalue weighted by Gasteiger charge is 2.22. The molecule has 1 aliphatic rings. The second-order valence-electron chi connectivity index (χ2n) is 4.12. The number of hydrogen-bond acceptors (Lipinski definition) is 5. The van der Waals surface area contributed by atoms with Crippen LogP contribution in [-0.2, 0) is 0 Å². The number of pyridine rings is 1. The molecule has 0 aliphatic carbocycles. The Hall–Kier alpha value is -1.63. The van der Waals surface area contributed by atoms with Crippen LogP contribution < -0.4 is 5.73 Å². The molecular formula is C11H12FN5S. The second kappa shape index (κ2) is 4.56. The SMILES string of the molecule is Nc1cnc(-n2cnc(C3CCCS3)n2)c(F)c1. The number of rotatable bonds is 2. The number of hydrogen-bond donors (Lipinski definition) is 1. The van der Waals surface area contributed by atoms with E-state index in [4.69, 9.17) is 5.73 Å². The number of anilines is 1. The molecule has 1 aliphatic heterocycles. The molecule has 1 saturated heterocycles. The summed E-state index contributed by atoms with van der Waals surface area (Å²) in [6.07, 6.45) is 5.16. The van der Waals surface area contributed by atoms with Crippen LogP contribution in [0.4, 0.5) is 10.1 Å². The topological polar surface area (TPSA) is 69.6 Å². The van der Waals surface area contributed by atoms with Gasteiger partial charge in [0.05, 0.1) is 17.1 Å². The first-order valence-electron chi connectivity index (χ1n) is 5.68. The van der Waals surface area contributed by atoms with Gasteiger partial charge in [-0.15, -0.1) is 5.10 Å². The molecular weight excluding hydrogens is 253 g/mol. The Bertz CT molecular complexity index is 564. The highest BCUT2D eigenvalue weighted by molar-refractivity contribution is 7.99. The van der Waals surface area contributed by atoms with Crippen LogP contribution in [0, 0.1) is 5.82 Å². The first kappa shape index (κ1) is 11.5. The first-order valence-corrected chi connectivity index (χ1v) is 6.73. The molecule has 2 N–H and O–H groups in total. The number of nitrogens with zero attached hydrogens (tertiary/aromatic N) is 4. The molecule has 0 bridgehead atoms. The summed E-state index contributed by atoms with van der Waals surface area (Å²) in [5.74, 6) is 1.51. The van der Waals surface area contributed by atoms with E-state index in [1.165, 1.54) is 29.7 Å². The molecule has 0 aromatic carbocycles. The number of nitrogens with two attached hydrogens (primary N) is 1. The van der Waals surface area contributed by atoms with E-state index in [1.54, 1.807) is 0 Å². The Balaban J connectivity index is 1.92. The summed E-state index contributed by atoms with van der Waals surface area (Å²) in [5, 5.41) is 4.62. The Morgan fingerprint density at radius 3 is 3.06 bits per heavy atom. The monoisotopic (exact) mass is 265 g/mol. The molecule has 1 unspecified atom stereocenters. The lowest BCUT2D eigenvalue weighted by Gasteiger charge is -2.03. The zero-order chi connectivity index (χ0) is 12.5. The summed E-state index contributed by atoms with van der Waals surface area (Å²) in [7, 11) is 0. The molecule has 1 atom stereocenters. The number of thioether (sulfide) groups is 1. The highest BCUT2D eigenvalue weighted by Crippen LogP contribution is 2.37. The molecule has 1 fully saturated rings. The van der Waals surface area contributed by atoms with Crippen LogP contribution in [0.25, 0.3) is 5.82 Å². The van der Waals surface area contributed by atoms with Gasteiger partial charge < -0.3 is 5.73 Å². The Labute approximate surface area is 108 Å². The summed E-state index contributed by atoms with van der Waals surface area (Å²) in [4.78, 5) is 8.17. The van der Waals surface area contributed by atoms with E-state index >= 15 is 0 Å². The molecule has 3 heterocycles. The van der Waals surface area contributed by atoms with Crippen LogP contribution in [0.1, 0.15) is 23.9 Å². The third kappa shape index (κ3) is 2.05. The predicted molar refractivity (Wildman–Crippen MR) is 68.0 cm³/mol. The maximum absolute atomic E-state index is 13.7. The molecule has 0 saturated carbocycles. The molecule has 0 radical (unpaired) electrons. The molecule has 0 amide bonds. The first-order chi connectivity index (χ1) is 8.74. The Kier molecular flexibility index (Phi) is 2.91. The van der Waals surface area contributed by atoms with Gasteiger partial charge in [-0.25, -0.2) is 14.4 Å². The van der Waals surface area contributed by atoms with Crippen molar-refractivity contribution in [3.8, 4) is 5.82 Å². The zero-order valence-corrected chi connectivity index (χ0v) is 10.4. The Morgan fingerprint density at radius 1 is 1.44 bits per heavy atom. The van der Waals surface area contributed by atoms with Gasteiger partial charge in [-0.05, 0) is 18.6 Å². The molecule has 0 spiro atoms. The van der Waals surface area contributed by atoms with E-state index in [0.29, 0.717) is 10.9 Å². The summed E-state index contributed by atoms with van der Waals surface area (Å²) < 4.78 is 15.1. The van der Waals surface area contributed by atoms with E-state index in [-0.39, 0.29) is 5.82 Å². The quantitative estimate of drug-likeness (QED) is 0.898. The van der Waals surface area contributed by atoms with Crippen LogP contribution in [0.5, 0.6) is 0 Å². The molecule has 3 rings (SSSR count). The van der Waals surface area contributed by atoms with E-state index < -0.39 is 5.82 Å². The molecule has 94 valence electrons. The van der Waals surface area contributed by atoms with Crippen molar-refractivity contribution >= 4 is 17.4 Å². The maximum atomic E-state index is 13.7. The highest BCUT2D eigenvalue weighted by atomic mass is 32.2. The standard InChI is InChI=1S/C11H12FN5S/c12-8-4-7(13)5-14-11(8)17-6-15-10(16-17)9-2-1-3-18-9/h4-6,9H,1-3,13H2. The van der Waals surface area contributed by atoms with Gasteiger partial charge in [0.25, 0.3) is 0 Å². The van der Waals surface area contributed by atoms with Crippen molar-refractivity contribution in [3.63, 3.8) is 0 Å². The van der Waals surface area contributed by atoms with Crippen LogP contribution in [0.3, 0.4) is 0 Å². The smallest absolute Gasteiger partial charge is 0.191 e. The lowest BCUT2D eigenvalue weighted by Crippen LogP contribution is -2.04. The number of nitrogen functional groups attached to an aromatic ring is 1. The summed E-state index contributed by atoms with van der Waals surface area (Å²) >= 11 is 1.84. The second-order valence-corrected chi connectivity index (χ2v) is 5.43. The van der Waals surface area contributed by atoms with E-state index in [1.807, 2.05) is 11.8 Å². The van der Waals surface area contributed by atoms with Gasteiger partial charge in [-0.3, -0.25) is 0 Å². The lowest BCUT2D eigenvalue weighted by atomic mass is 10.2. The van der Waals surface area contributed by atoms with Crippen LogP contribution in [0.2, 0.25) is 0 Å². The fraction of sp³-hybridized carbons (Fsp3) is 0.364. The van der Waals surface area contributed by atoms with E-state index in [2.05, 4.69) is 15.1 Å². The van der Waals surface area contributed by atoms with Crippen molar-refractivity contribution in [2.24, 2.45) is 0 Å². The maximum Gasteiger partial charge on any atom is 0.191 e. The van der Waals surface area contributed by atoms with Gasteiger partial charge in [-0.2, -0.15) is 16.4 Å². The van der Waals surface area contributed by atoms with Crippen LogP contribution >= 0.6 is 11.8 Å². The minimum absolute atomic E-state index is 0.131. The number of halogens is 1. The molecule has 2 aromatic heterocycles. The van der Waals surface area contributed by atoms with Crippen molar-refractivity contribution in [1.29, 1.82) is 0 Å². The lowest BCUT2D eigenvalue weighted by molar-refractivity contribution is 0.599. The Morgan fingerprint density at radius 2 is 2.33 bits per heavy atom. The van der Waals surface area contributed by atoms with Crippen LogP contribution in [0.15, 0.2) is 18.6 Å². The third-order valence-electron chi connectivity index (χ3n) is 2.79. The average molecular weight is 265 g/mol.